The number of rotatable bonds is 3. The van der Waals surface area contributed by atoms with Crippen molar-refractivity contribution in [1.29, 1.82) is 0 Å². The van der Waals surface area contributed by atoms with Crippen molar-refractivity contribution in [3.8, 4) is 22.4 Å². The second-order valence-corrected chi connectivity index (χ2v) is 16.3. The van der Waals surface area contributed by atoms with Crippen LogP contribution >= 0.6 is 0 Å². The van der Waals surface area contributed by atoms with Gasteiger partial charge in [0.25, 0.3) is 0 Å². The van der Waals surface area contributed by atoms with Gasteiger partial charge in [-0.25, -0.2) is 0 Å². The third-order valence-electron chi connectivity index (χ3n) is 8.94. The molecular formula is C35H36NSi+. The Balaban J connectivity index is 1.57. The van der Waals surface area contributed by atoms with Gasteiger partial charge in [-0.3, -0.25) is 0 Å². The highest BCUT2D eigenvalue weighted by atomic mass is 28.3. The van der Waals surface area contributed by atoms with Crippen LogP contribution in [0.1, 0.15) is 36.2 Å². The molecule has 1 aliphatic carbocycles. The van der Waals surface area contributed by atoms with E-state index >= 15 is 0 Å². The van der Waals surface area contributed by atoms with Crippen LogP contribution in [0.15, 0.2) is 91.0 Å². The van der Waals surface area contributed by atoms with Crippen molar-refractivity contribution in [3.63, 3.8) is 0 Å². The molecule has 0 atom stereocenters. The highest BCUT2D eigenvalue weighted by molar-refractivity contribution is 7.00. The number of pyridine rings is 1. The molecule has 0 saturated carbocycles. The molecular weight excluding hydrogens is 462 g/mol. The second kappa shape index (κ2) is 8.26. The Kier molecular flexibility index (Phi) is 5.33. The van der Waals surface area contributed by atoms with Crippen molar-refractivity contribution in [2.75, 3.05) is 0 Å². The van der Waals surface area contributed by atoms with Crippen LogP contribution in [0.5, 0.6) is 0 Å². The Morgan fingerprint density at radius 2 is 1.35 bits per heavy atom. The van der Waals surface area contributed by atoms with Gasteiger partial charge in [0.05, 0.1) is 10.9 Å². The van der Waals surface area contributed by atoms with Crippen LogP contribution in [0.25, 0.3) is 33.2 Å². The maximum absolute atomic E-state index is 2.48. The summed E-state index contributed by atoms with van der Waals surface area (Å²) >= 11 is 0. The Labute approximate surface area is 222 Å². The van der Waals surface area contributed by atoms with Crippen molar-refractivity contribution < 1.29 is 4.57 Å². The molecule has 6 rings (SSSR count). The SMILES string of the molecule is Cc1cc2c(cc1-c1c3ccc([Si](C)(C)c4ccccc4)cc3cc(C)[n+]1C)C(C)(C)c1ccccc1-2. The van der Waals surface area contributed by atoms with Crippen molar-refractivity contribution in [2.45, 2.75) is 46.2 Å². The second-order valence-electron chi connectivity index (χ2n) is 11.9. The van der Waals surface area contributed by atoms with Gasteiger partial charge in [-0.2, -0.15) is 4.57 Å². The summed E-state index contributed by atoms with van der Waals surface area (Å²) in [6.45, 7) is 14.2. The van der Waals surface area contributed by atoms with Gasteiger partial charge >= 0.3 is 0 Å². The highest BCUT2D eigenvalue weighted by Gasteiger charge is 2.37. The molecule has 0 N–H and O–H groups in total. The summed E-state index contributed by atoms with van der Waals surface area (Å²) in [5.41, 5.74) is 10.9. The normalized spacial score (nSPS) is 14.0. The van der Waals surface area contributed by atoms with Crippen molar-refractivity contribution in [1.82, 2.24) is 0 Å². The molecule has 0 spiro atoms. The summed E-state index contributed by atoms with van der Waals surface area (Å²) in [5, 5.41) is 5.62. The van der Waals surface area contributed by atoms with E-state index < -0.39 is 8.07 Å². The average molecular weight is 499 g/mol. The van der Waals surface area contributed by atoms with E-state index in [4.69, 9.17) is 0 Å². The monoisotopic (exact) mass is 498 g/mol. The van der Waals surface area contributed by atoms with E-state index in [1.54, 1.807) is 0 Å². The largest absolute Gasteiger partial charge is 0.220 e. The number of hydrogen-bond acceptors (Lipinski definition) is 0. The lowest BCUT2D eigenvalue weighted by Crippen LogP contribution is -2.52. The van der Waals surface area contributed by atoms with Crippen LogP contribution in [0.4, 0.5) is 0 Å². The Hall–Kier alpha value is -3.49. The van der Waals surface area contributed by atoms with Crippen LogP contribution < -0.4 is 14.9 Å². The van der Waals surface area contributed by atoms with Crippen LogP contribution in [0.3, 0.4) is 0 Å². The number of fused-ring (bicyclic) bond motifs is 4. The van der Waals surface area contributed by atoms with Gasteiger partial charge in [0.15, 0.2) is 5.69 Å². The quantitative estimate of drug-likeness (QED) is 0.185. The van der Waals surface area contributed by atoms with Gasteiger partial charge in [0.2, 0.25) is 5.69 Å². The first kappa shape index (κ1) is 23.9. The highest BCUT2D eigenvalue weighted by Crippen LogP contribution is 2.50. The first-order valence-corrected chi connectivity index (χ1v) is 16.4. The van der Waals surface area contributed by atoms with Gasteiger partial charge in [0.1, 0.15) is 15.1 Å². The van der Waals surface area contributed by atoms with E-state index in [2.05, 4.69) is 143 Å². The summed E-state index contributed by atoms with van der Waals surface area (Å²) in [5.74, 6) is 0. The molecule has 1 aromatic heterocycles. The van der Waals surface area contributed by atoms with E-state index in [0.29, 0.717) is 0 Å². The summed E-state index contributed by atoms with van der Waals surface area (Å²) in [6.07, 6.45) is 0. The number of benzene rings is 4. The lowest BCUT2D eigenvalue weighted by Gasteiger charge is -2.24. The van der Waals surface area contributed by atoms with E-state index in [1.807, 2.05) is 0 Å². The van der Waals surface area contributed by atoms with Crippen LogP contribution in [-0.4, -0.2) is 8.07 Å². The zero-order valence-electron chi connectivity index (χ0n) is 23.1. The minimum Gasteiger partial charge on any atom is -0.198 e. The zero-order valence-corrected chi connectivity index (χ0v) is 24.1. The molecule has 1 heterocycles. The number of hydrogen-bond donors (Lipinski definition) is 0. The minimum atomic E-state index is -1.79. The van der Waals surface area contributed by atoms with Gasteiger partial charge in [0, 0.05) is 18.4 Å². The van der Waals surface area contributed by atoms with Crippen LogP contribution in [-0.2, 0) is 12.5 Å². The van der Waals surface area contributed by atoms with Gasteiger partial charge < -0.3 is 0 Å². The number of aryl methyl sites for hydroxylation is 2. The molecule has 0 aliphatic heterocycles. The lowest BCUT2D eigenvalue weighted by atomic mass is 9.81. The Bertz CT molecular complexity index is 1690. The van der Waals surface area contributed by atoms with E-state index in [0.717, 1.165) is 0 Å². The van der Waals surface area contributed by atoms with Gasteiger partial charge in [-0.15, -0.1) is 0 Å². The molecule has 0 radical (unpaired) electrons. The molecule has 4 aromatic carbocycles. The zero-order chi connectivity index (χ0) is 26.1. The summed E-state index contributed by atoms with van der Waals surface area (Å²) in [7, 11) is 0.428. The standard InChI is InChI=1S/C35H36NSi/c1-23-19-31-29-15-11-12-16-32(29)35(3,4)33(31)22-30(23)34-28-18-17-27(21-25(28)20-24(2)36(34)5)37(6,7)26-13-9-8-10-14-26/h8-22H,1-7H3/q+1. The van der Waals surface area contributed by atoms with Crippen molar-refractivity contribution >= 4 is 29.2 Å². The molecule has 1 aliphatic rings. The Morgan fingerprint density at radius 3 is 2.11 bits per heavy atom. The maximum Gasteiger partial charge on any atom is 0.220 e. The van der Waals surface area contributed by atoms with E-state index in [-0.39, 0.29) is 5.41 Å². The lowest BCUT2D eigenvalue weighted by molar-refractivity contribution is -0.665. The molecule has 184 valence electrons. The fourth-order valence-electron chi connectivity index (χ4n) is 6.42. The predicted molar refractivity (Wildman–Crippen MR) is 161 cm³/mol. The maximum atomic E-state index is 2.48. The van der Waals surface area contributed by atoms with Crippen molar-refractivity contribution in [3.05, 3.63) is 113 Å². The molecule has 0 bridgehead atoms. The first-order chi connectivity index (χ1) is 17.6. The molecule has 1 nitrogen and oxygen atoms in total. The molecule has 37 heavy (non-hydrogen) atoms. The third kappa shape index (κ3) is 3.54. The first-order valence-electron chi connectivity index (χ1n) is 13.4. The fourth-order valence-corrected chi connectivity index (χ4v) is 8.80. The molecule has 0 amide bonds. The molecule has 0 unspecified atom stereocenters. The van der Waals surface area contributed by atoms with Gasteiger partial charge in [-0.05, 0) is 52.3 Å². The molecule has 0 saturated heterocycles. The van der Waals surface area contributed by atoms with E-state index in [1.165, 1.54) is 65.9 Å². The molecule has 0 fully saturated rings. The number of aromatic nitrogens is 1. The van der Waals surface area contributed by atoms with Gasteiger partial charge in [-0.1, -0.05) is 110 Å². The smallest absolute Gasteiger partial charge is 0.198 e. The molecule has 2 heteroatoms. The van der Waals surface area contributed by atoms with Crippen LogP contribution in [0.2, 0.25) is 13.1 Å². The molecule has 5 aromatic rings. The number of nitrogens with zero attached hydrogens (tertiary/aromatic N) is 1. The third-order valence-corrected chi connectivity index (χ3v) is 12.5. The summed E-state index contributed by atoms with van der Waals surface area (Å²) in [6, 6.07) is 34.5. The van der Waals surface area contributed by atoms with E-state index in [9.17, 15) is 0 Å². The summed E-state index contributed by atoms with van der Waals surface area (Å²) in [4.78, 5) is 0. The topological polar surface area (TPSA) is 3.88 Å². The van der Waals surface area contributed by atoms with Crippen molar-refractivity contribution in [2.24, 2.45) is 7.05 Å². The van der Waals surface area contributed by atoms with Crippen LogP contribution in [0, 0.1) is 13.8 Å². The predicted octanol–water partition coefficient (Wildman–Crippen LogP) is 7.08. The average Bonchev–Trinajstić information content (AvgIpc) is 3.11. The summed E-state index contributed by atoms with van der Waals surface area (Å²) < 4.78 is 2.38. The minimum absolute atomic E-state index is 0.00888. The Morgan fingerprint density at radius 1 is 0.649 bits per heavy atom. The fraction of sp³-hybridized carbons (Fsp3) is 0.229.